The van der Waals surface area contributed by atoms with Crippen LogP contribution in [0.2, 0.25) is 0 Å². The molecule has 2 aromatic rings. The number of aryl methyl sites for hydroxylation is 1. The van der Waals surface area contributed by atoms with Crippen molar-refractivity contribution in [1.82, 2.24) is 10.2 Å². The maximum atomic E-state index is 11.2. The molecule has 1 aromatic heterocycles. The lowest BCUT2D eigenvalue weighted by atomic mass is 9.66. The molecule has 28 heavy (non-hydrogen) atoms. The minimum atomic E-state index is -0.551. The SMILES string of the molecule is CN=C(NCc1ccc(C(N)=O)o1)N1CCCC2(CCCc3ccccc32)C1. The lowest BCUT2D eigenvalue weighted by molar-refractivity contribution is 0.0972. The first kappa shape index (κ1) is 18.6. The molecule has 1 spiro atoms. The molecule has 2 heterocycles. The van der Waals surface area contributed by atoms with E-state index in [1.165, 1.54) is 36.8 Å². The van der Waals surface area contributed by atoms with Crippen LogP contribution in [-0.2, 0) is 18.4 Å². The Morgan fingerprint density at radius 1 is 1.25 bits per heavy atom. The van der Waals surface area contributed by atoms with Gasteiger partial charge >= 0.3 is 0 Å². The van der Waals surface area contributed by atoms with Crippen molar-refractivity contribution in [2.24, 2.45) is 10.7 Å². The Kier molecular flexibility index (Phi) is 5.11. The van der Waals surface area contributed by atoms with E-state index in [4.69, 9.17) is 10.2 Å². The predicted molar refractivity (Wildman–Crippen MR) is 109 cm³/mol. The average molecular weight is 380 g/mol. The number of nitrogens with one attached hydrogen (secondary N) is 1. The van der Waals surface area contributed by atoms with E-state index in [-0.39, 0.29) is 11.2 Å². The van der Waals surface area contributed by atoms with E-state index < -0.39 is 5.91 Å². The molecule has 1 aromatic carbocycles. The summed E-state index contributed by atoms with van der Waals surface area (Å²) in [4.78, 5) is 18.1. The van der Waals surface area contributed by atoms with E-state index in [1.807, 2.05) is 7.05 Å². The molecule has 6 nitrogen and oxygen atoms in total. The quantitative estimate of drug-likeness (QED) is 0.633. The van der Waals surface area contributed by atoms with Crippen molar-refractivity contribution in [3.05, 3.63) is 59.0 Å². The first-order valence-electron chi connectivity index (χ1n) is 10.0. The van der Waals surface area contributed by atoms with Crippen LogP contribution in [0.15, 0.2) is 45.8 Å². The molecule has 1 amide bonds. The van der Waals surface area contributed by atoms with Crippen LogP contribution >= 0.6 is 0 Å². The number of likely N-dealkylation sites (tertiary alicyclic amines) is 1. The third-order valence-electron chi connectivity index (χ3n) is 6.10. The molecule has 0 bridgehead atoms. The van der Waals surface area contributed by atoms with Crippen molar-refractivity contribution >= 4 is 11.9 Å². The lowest BCUT2D eigenvalue weighted by Crippen LogP contribution is -2.53. The van der Waals surface area contributed by atoms with Crippen molar-refractivity contribution in [3.8, 4) is 0 Å². The van der Waals surface area contributed by atoms with Gasteiger partial charge in [0.2, 0.25) is 0 Å². The molecule has 3 N–H and O–H groups in total. The van der Waals surface area contributed by atoms with E-state index in [0.29, 0.717) is 12.3 Å². The predicted octanol–water partition coefficient (Wildman–Crippen LogP) is 2.82. The van der Waals surface area contributed by atoms with Crippen molar-refractivity contribution in [2.45, 2.75) is 44.1 Å². The summed E-state index contributed by atoms with van der Waals surface area (Å²) in [7, 11) is 1.81. The van der Waals surface area contributed by atoms with Crippen molar-refractivity contribution in [3.63, 3.8) is 0 Å². The molecule has 148 valence electrons. The molecule has 6 heteroatoms. The van der Waals surface area contributed by atoms with Gasteiger partial charge in [-0.3, -0.25) is 9.79 Å². The van der Waals surface area contributed by atoms with Crippen LogP contribution in [0.4, 0.5) is 0 Å². The van der Waals surface area contributed by atoms with Gasteiger partial charge in [-0.1, -0.05) is 24.3 Å². The average Bonchev–Trinajstić information content (AvgIpc) is 3.19. The highest BCUT2D eigenvalue weighted by atomic mass is 16.3. The molecule has 1 aliphatic heterocycles. The van der Waals surface area contributed by atoms with E-state index in [9.17, 15) is 4.79 Å². The van der Waals surface area contributed by atoms with E-state index >= 15 is 0 Å². The summed E-state index contributed by atoms with van der Waals surface area (Å²) >= 11 is 0. The molecular formula is C22H28N4O2. The number of benzene rings is 1. The number of nitrogens with zero attached hydrogens (tertiary/aromatic N) is 2. The van der Waals surface area contributed by atoms with Crippen molar-refractivity contribution in [2.75, 3.05) is 20.1 Å². The zero-order valence-corrected chi connectivity index (χ0v) is 16.4. The Morgan fingerprint density at radius 3 is 2.86 bits per heavy atom. The van der Waals surface area contributed by atoms with E-state index in [1.54, 1.807) is 12.1 Å². The third-order valence-corrected chi connectivity index (χ3v) is 6.10. The van der Waals surface area contributed by atoms with Gasteiger partial charge in [0.25, 0.3) is 5.91 Å². The number of hydrogen-bond donors (Lipinski definition) is 2. The number of guanidine groups is 1. The number of furan rings is 1. The van der Waals surface area contributed by atoms with Crippen LogP contribution < -0.4 is 11.1 Å². The first-order chi connectivity index (χ1) is 13.6. The maximum Gasteiger partial charge on any atom is 0.284 e. The van der Waals surface area contributed by atoms with Crippen LogP contribution in [0.3, 0.4) is 0 Å². The normalized spacial score (nSPS) is 22.2. The van der Waals surface area contributed by atoms with Gasteiger partial charge in [0.05, 0.1) is 6.54 Å². The molecule has 1 atom stereocenters. The standard InChI is InChI=1S/C22H28N4O2/c1-24-21(25-14-17-9-10-19(28-17)20(23)27)26-13-5-12-22(15-26)11-4-7-16-6-2-3-8-18(16)22/h2-3,6,8-10H,4-5,7,11-15H2,1H3,(H2,23,27)(H,24,25). The van der Waals surface area contributed by atoms with E-state index in [0.717, 1.165) is 25.5 Å². The summed E-state index contributed by atoms with van der Waals surface area (Å²) in [5.41, 5.74) is 8.51. The zero-order valence-electron chi connectivity index (χ0n) is 16.4. The fourth-order valence-corrected chi connectivity index (χ4v) is 4.85. The first-order valence-corrected chi connectivity index (χ1v) is 10.0. The van der Waals surface area contributed by atoms with Crippen molar-refractivity contribution in [1.29, 1.82) is 0 Å². The largest absolute Gasteiger partial charge is 0.454 e. The number of hydrogen-bond acceptors (Lipinski definition) is 3. The van der Waals surface area contributed by atoms with Gasteiger partial charge in [0, 0.05) is 25.6 Å². The molecule has 1 fully saturated rings. The fourth-order valence-electron chi connectivity index (χ4n) is 4.85. The number of rotatable bonds is 3. The number of fused-ring (bicyclic) bond motifs is 2. The second-order valence-corrected chi connectivity index (χ2v) is 7.85. The van der Waals surface area contributed by atoms with Gasteiger partial charge < -0.3 is 20.4 Å². The molecule has 4 rings (SSSR count). The molecule has 1 aliphatic carbocycles. The Labute approximate surface area is 165 Å². The summed E-state index contributed by atoms with van der Waals surface area (Å²) in [6, 6.07) is 12.3. The second-order valence-electron chi connectivity index (χ2n) is 7.85. The van der Waals surface area contributed by atoms with Gasteiger partial charge in [-0.15, -0.1) is 0 Å². The number of nitrogens with two attached hydrogens (primary N) is 1. The van der Waals surface area contributed by atoms with Crippen LogP contribution in [0.1, 0.15) is 53.1 Å². The molecule has 0 saturated carbocycles. The smallest absolute Gasteiger partial charge is 0.284 e. The van der Waals surface area contributed by atoms with Crippen LogP contribution in [-0.4, -0.2) is 36.9 Å². The van der Waals surface area contributed by atoms with Gasteiger partial charge in [-0.2, -0.15) is 0 Å². The Balaban J connectivity index is 1.48. The molecular weight excluding hydrogens is 352 g/mol. The molecule has 0 radical (unpaired) electrons. The number of carbonyl (C=O) groups excluding carboxylic acids is 1. The Morgan fingerprint density at radius 2 is 2.07 bits per heavy atom. The van der Waals surface area contributed by atoms with Gasteiger partial charge in [-0.05, 0) is 55.4 Å². The topological polar surface area (TPSA) is 83.9 Å². The summed E-state index contributed by atoms with van der Waals surface area (Å²) < 4.78 is 5.47. The monoisotopic (exact) mass is 380 g/mol. The number of carbonyl (C=O) groups is 1. The highest BCUT2D eigenvalue weighted by Crippen LogP contribution is 2.43. The fraction of sp³-hybridized carbons (Fsp3) is 0.455. The van der Waals surface area contributed by atoms with E-state index in [2.05, 4.69) is 39.5 Å². The van der Waals surface area contributed by atoms with Crippen LogP contribution in [0.5, 0.6) is 0 Å². The van der Waals surface area contributed by atoms with Crippen LogP contribution in [0.25, 0.3) is 0 Å². The molecule has 1 saturated heterocycles. The number of primary amides is 1. The van der Waals surface area contributed by atoms with Crippen molar-refractivity contribution < 1.29 is 9.21 Å². The number of piperidine rings is 1. The Hall–Kier alpha value is -2.76. The number of amides is 1. The highest BCUT2D eigenvalue weighted by molar-refractivity contribution is 5.89. The number of aliphatic imine (C=N–C) groups is 1. The summed E-state index contributed by atoms with van der Waals surface area (Å²) in [6.07, 6.45) is 6.06. The van der Waals surface area contributed by atoms with Gasteiger partial charge in [-0.25, -0.2) is 0 Å². The third kappa shape index (κ3) is 3.51. The minimum absolute atomic E-state index is 0.183. The van der Waals surface area contributed by atoms with Gasteiger partial charge in [0.15, 0.2) is 11.7 Å². The summed E-state index contributed by atoms with van der Waals surface area (Å²) in [5.74, 6) is 1.18. The zero-order chi connectivity index (χ0) is 19.6. The molecule has 2 aliphatic rings. The highest BCUT2D eigenvalue weighted by Gasteiger charge is 2.40. The summed E-state index contributed by atoms with van der Waals surface area (Å²) in [6.45, 7) is 2.45. The second kappa shape index (κ2) is 7.70. The maximum absolute atomic E-state index is 11.2. The molecule has 1 unspecified atom stereocenters. The minimum Gasteiger partial charge on any atom is -0.454 e. The summed E-state index contributed by atoms with van der Waals surface area (Å²) in [5, 5.41) is 3.38. The van der Waals surface area contributed by atoms with Gasteiger partial charge in [0.1, 0.15) is 5.76 Å². The lowest BCUT2D eigenvalue weighted by Gasteiger charge is -2.47. The van der Waals surface area contributed by atoms with Crippen LogP contribution in [0, 0.1) is 0 Å². The Bertz CT molecular complexity index is 888.